The highest BCUT2D eigenvalue weighted by Crippen LogP contribution is 2.34. The predicted molar refractivity (Wildman–Crippen MR) is 72.6 cm³/mol. The second-order valence-electron chi connectivity index (χ2n) is 4.28. The first-order valence-electron chi connectivity index (χ1n) is 5.86. The van der Waals surface area contributed by atoms with E-state index < -0.39 is 23.3 Å². The van der Waals surface area contributed by atoms with Crippen LogP contribution >= 0.6 is 11.3 Å². The lowest BCUT2D eigenvalue weighted by Gasteiger charge is -2.13. The molecule has 1 heterocycles. The lowest BCUT2D eigenvalue weighted by molar-refractivity contribution is -0.138. The Morgan fingerprint density at radius 2 is 2.14 bits per heavy atom. The molecule has 112 valence electrons. The summed E-state index contributed by atoms with van der Waals surface area (Å²) in [6.07, 6.45) is -4.72. The van der Waals surface area contributed by atoms with Gasteiger partial charge in [0.25, 0.3) is 0 Å². The number of aryl methyl sites for hydroxylation is 1. The van der Waals surface area contributed by atoms with Crippen molar-refractivity contribution in [2.75, 3.05) is 5.32 Å². The zero-order valence-corrected chi connectivity index (χ0v) is 11.7. The van der Waals surface area contributed by atoms with E-state index in [4.69, 9.17) is 5.11 Å². The lowest BCUT2D eigenvalue weighted by atomic mass is 10.1. The van der Waals surface area contributed by atoms with E-state index in [2.05, 4.69) is 10.3 Å². The van der Waals surface area contributed by atoms with E-state index in [1.807, 2.05) is 6.92 Å². The smallest absolute Gasteiger partial charge is 0.417 e. The van der Waals surface area contributed by atoms with Crippen LogP contribution in [-0.2, 0) is 12.7 Å². The van der Waals surface area contributed by atoms with Gasteiger partial charge >= 0.3 is 12.1 Å². The second-order valence-corrected chi connectivity index (χ2v) is 5.22. The van der Waals surface area contributed by atoms with Gasteiger partial charge in [-0.1, -0.05) is 0 Å². The number of carbonyl (C=O) groups is 1. The molecule has 0 amide bonds. The molecule has 0 atom stereocenters. The van der Waals surface area contributed by atoms with Crippen molar-refractivity contribution in [2.24, 2.45) is 0 Å². The van der Waals surface area contributed by atoms with Gasteiger partial charge in [-0.05, 0) is 25.1 Å². The van der Waals surface area contributed by atoms with Gasteiger partial charge in [0.15, 0.2) is 0 Å². The molecule has 0 aliphatic heterocycles. The number of thiazole rings is 1. The number of carboxylic acid groups (broad SMARTS) is 1. The Kier molecular flexibility index (Phi) is 4.17. The van der Waals surface area contributed by atoms with Crippen molar-refractivity contribution in [3.05, 3.63) is 45.4 Å². The van der Waals surface area contributed by atoms with Crippen LogP contribution in [0.2, 0.25) is 0 Å². The molecule has 0 saturated carbocycles. The highest BCUT2D eigenvalue weighted by atomic mass is 32.1. The first kappa shape index (κ1) is 15.3. The zero-order chi connectivity index (χ0) is 15.6. The molecular formula is C13H11F3N2O2S. The number of nitrogens with zero attached hydrogens (tertiary/aromatic N) is 1. The summed E-state index contributed by atoms with van der Waals surface area (Å²) in [4.78, 5) is 15.8. The Hall–Kier alpha value is -2.09. The van der Waals surface area contributed by atoms with Crippen LogP contribution in [0.4, 0.5) is 18.9 Å². The average molecular weight is 316 g/mol. The number of hydrogen-bond donors (Lipinski definition) is 2. The monoisotopic (exact) mass is 316 g/mol. The molecule has 0 spiro atoms. The molecule has 1 aromatic carbocycles. The highest BCUT2D eigenvalue weighted by molar-refractivity contribution is 7.09. The van der Waals surface area contributed by atoms with Crippen LogP contribution in [0.1, 0.15) is 26.5 Å². The van der Waals surface area contributed by atoms with Crippen LogP contribution in [0.25, 0.3) is 0 Å². The van der Waals surface area contributed by atoms with Crippen LogP contribution in [0.5, 0.6) is 0 Å². The van der Waals surface area contributed by atoms with Gasteiger partial charge in [-0.25, -0.2) is 9.78 Å². The van der Waals surface area contributed by atoms with Crippen molar-refractivity contribution in [1.82, 2.24) is 4.98 Å². The van der Waals surface area contributed by atoms with Crippen molar-refractivity contribution < 1.29 is 23.1 Å². The van der Waals surface area contributed by atoms with Gasteiger partial charge in [0.05, 0.1) is 28.9 Å². The van der Waals surface area contributed by atoms with E-state index in [0.29, 0.717) is 6.54 Å². The molecule has 0 saturated heterocycles. The van der Waals surface area contributed by atoms with Gasteiger partial charge in [-0.3, -0.25) is 0 Å². The summed E-state index contributed by atoms with van der Waals surface area (Å²) in [5.41, 5.74) is 0.745. The Morgan fingerprint density at radius 3 is 2.67 bits per heavy atom. The zero-order valence-electron chi connectivity index (χ0n) is 10.9. The fourth-order valence-electron chi connectivity index (χ4n) is 1.75. The van der Waals surface area contributed by atoms with E-state index >= 15 is 0 Å². The summed E-state index contributed by atoms with van der Waals surface area (Å²) < 4.78 is 38.6. The maximum absolute atomic E-state index is 12.9. The quantitative estimate of drug-likeness (QED) is 0.901. The number of halogens is 3. The molecule has 2 rings (SSSR count). The number of benzene rings is 1. The Morgan fingerprint density at radius 1 is 1.43 bits per heavy atom. The summed E-state index contributed by atoms with van der Waals surface area (Å²) in [5, 5.41) is 11.7. The van der Waals surface area contributed by atoms with Crippen LogP contribution < -0.4 is 5.32 Å². The van der Waals surface area contributed by atoms with Crippen LogP contribution in [0, 0.1) is 6.92 Å². The fourth-order valence-corrected chi connectivity index (χ4v) is 2.47. The van der Waals surface area contributed by atoms with E-state index in [1.165, 1.54) is 17.4 Å². The maximum Gasteiger partial charge on any atom is 0.417 e. The molecule has 4 nitrogen and oxygen atoms in total. The number of aromatic nitrogens is 1. The van der Waals surface area contributed by atoms with E-state index in [-0.39, 0.29) is 5.69 Å². The van der Waals surface area contributed by atoms with Crippen molar-refractivity contribution in [3.63, 3.8) is 0 Å². The molecule has 0 fully saturated rings. The molecule has 1 aromatic heterocycles. The minimum Gasteiger partial charge on any atom is -0.478 e. The van der Waals surface area contributed by atoms with Gasteiger partial charge in [0.2, 0.25) is 0 Å². The minimum atomic E-state index is -4.72. The SMILES string of the molecule is Cc1ncsc1CNc1ccc(C(=O)O)c(C(F)(F)F)c1. The molecule has 8 heteroatoms. The summed E-state index contributed by atoms with van der Waals surface area (Å²) in [6.45, 7) is 2.14. The minimum absolute atomic E-state index is 0.208. The number of carboxylic acids is 1. The Balaban J connectivity index is 2.26. The molecule has 2 N–H and O–H groups in total. The first-order chi connectivity index (χ1) is 9.79. The van der Waals surface area contributed by atoms with Crippen LogP contribution in [0.15, 0.2) is 23.7 Å². The molecule has 0 aliphatic carbocycles. The summed E-state index contributed by atoms with van der Waals surface area (Å²) in [5.74, 6) is -1.60. The third kappa shape index (κ3) is 3.52. The third-order valence-corrected chi connectivity index (χ3v) is 3.79. The van der Waals surface area contributed by atoms with Gasteiger partial charge in [-0.15, -0.1) is 11.3 Å². The molecule has 0 bridgehead atoms. The molecular weight excluding hydrogens is 305 g/mol. The number of alkyl halides is 3. The lowest BCUT2D eigenvalue weighted by Crippen LogP contribution is -2.13. The molecule has 0 unspecified atom stereocenters. The van der Waals surface area contributed by atoms with E-state index in [0.717, 1.165) is 22.7 Å². The number of rotatable bonds is 4. The topological polar surface area (TPSA) is 62.2 Å². The van der Waals surface area contributed by atoms with Gasteiger partial charge in [0.1, 0.15) is 0 Å². The summed E-state index contributed by atoms with van der Waals surface area (Å²) in [6, 6.07) is 3.07. The van der Waals surface area contributed by atoms with Crippen molar-refractivity contribution in [3.8, 4) is 0 Å². The summed E-state index contributed by atoms with van der Waals surface area (Å²) in [7, 11) is 0. The fraction of sp³-hybridized carbons (Fsp3) is 0.231. The summed E-state index contributed by atoms with van der Waals surface area (Å²) >= 11 is 1.40. The van der Waals surface area contributed by atoms with Crippen LogP contribution in [-0.4, -0.2) is 16.1 Å². The molecule has 2 aromatic rings. The standard InChI is InChI=1S/C13H11F3N2O2S/c1-7-11(21-6-18-7)5-17-8-2-3-9(12(19)20)10(4-8)13(14,15)16/h2-4,6,17H,5H2,1H3,(H,19,20). The highest BCUT2D eigenvalue weighted by Gasteiger charge is 2.35. The van der Waals surface area contributed by atoms with E-state index in [9.17, 15) is 18.0 Å². The van der Waals surface area contributed by atoms with Crippen LogP contribution in [0.3, 0.4) is 0 Å². The van der Waals surface area contributed by atoms with Gasteiger partial charge in [-0.2, -0.15) is 13.2 Å². The maximum atomic E-state index is 12.9. The van der Waals surface area contributed by atoms with Gasteiger partial charge in [0, 0.05) is 10.6 Å². The Bertz CT molecular complexity index is 668. The molecule has 0 aliphatic rings. The third-order valence-electron chi connectivity index (χ3n) is 2.85. The normalized spacial score (nSPS) is 11.4. The predicted octanol–water partition coefficient (Wildman–Crippen LogP) is 3.78. The largest absolute Gasteiger partial charge is 0.478 e. The van der Waals surface area contributed by atoms with Crippen molar-refractivity contribution in [2.45, 2.75) is 19.6 Å². The number of aromatic carboxylic acids is 1. The average Bonchev–Trinajstić information content (AvgIpc) is 2.80. The van der Waals surface area contributed by atoms with Crippen molar-refractivity contribution >= 4 is 23.0 Å². The van der Waals surface area contributed by atoms with E-state index in [1.54, 1.807) is 5.51 Å². The van der Waals surface area contributed by atoms with Crippen molar-refractivity contribution in [1.29, 1.82) is 0 Å². The number of hydrogen-bond acceptors (Lipinski definition) is 4. The molecule has 21 heavy (non-hydrogen) atoms. The second kappa shape index (κ2) is 5.72. The first-order valence-corrected chi connectivity index (χ1v) is 6.74. The Labute approximate surface area is 122 Å². The van der Waals surface area contributed by atoms with Gasteiger partial charge < -0.3 is 10.4 Å². The number of nitrogens with one attached hydrogen (secondary N) is 1. The number of anilines is 1. The molecule has 0 radical (unpaired) electrons.